The van der Waals surface area contributed by atoms with Gasteiger partial charge in [-0.05, 0) is 37.1 Å². The van der Waals surface area contributed by atoms with Crippen molar-refractivity contribution in [3.8, 4) is 11.1 Å². The summed E-state index contributed by atoms with van der Waals surface area (Å²) in [5.41, 5.74) is 4.22. The highest BCUT2D eigenvalue weighted by Gasteiger charge is 2.31. The zero-order chi connectivity index (χ0) is 23.1. The second kappa shape index (κ2) is 8.61. The summed E-state index contributed by atoms with van der Waals surface area (Å²) < 4.78 is 1.77. The maximum Gasteiger partial charge on any atom is 0.169 e. The molecule has 172 valence electrons. The molecule has 0 radical (unpaired) electrons. The third kappa shape index (κ3) is 4.28. The first-order chi connectivity index (χ1) is 16.6. The van der Waals surface area contributed by atoms with Gasteiger partial charge in [0.05, 0.1) is 24.3 Å². The minimum Gasteiger partial charge on any atom is -0.354 e. The minimum atomic E-state index is 0.0449. The fraction of sp³-hybridized carbons (Fsp3) is 0.346. The first kappa shape index (κ1) is 20.9. The van der Waals surface area contributed by atoms with Gasteiger partial charge in [0.25, 0.3) is 0 Å². The molecule has 4 aromatic rings. The Labute approximate surface area is 198 Å². The van der Waals surface area contributed by atoms with Crippen LogP contribution in [0.4, 0.5) is 5.82 Å². The summed E-state index contributed by atoms with van der Waals surface area (Å²) in [5.74, 6) is 0.932. The predicted octanol–water partition coefficient (Wildman–Crippen LogP) is 3.14. The van der Waals surface area contributed by atoms with Gasteiger partial charge in [-0.2, -0.15) is 5.10 Å². The summed E-state index contributed by atoms with van der Waals surface area (Å²) in [4.78, 5) is 31.5. The number of piperazine rings is 1. The summed E-state index contributed by atoms with van der Waals surface area (Å²) in [5, 5.41) is 5.20. The molecule has 8 heteroatoms. The molecule has 1 saturated carbocycles. The number of aryl methyl sites for hydroxylation is 1. The van der Waals surface area contributed by atoms with Crippen molar-refractivity contribution in [2.24, 2.45) is 7.05 Å². The molecule has 1 aliphatic carbocycles. The van der Waals surface area contributed by atoms with E-state index >= 15 is 0 Å². The molecule has 0 spiro atoms. The van der Waals surface area contributed by atoms with Crippen LogP contribution in [0.3, 0.4) is 0 Å². The molecule has 0 amide bonds. The van der Waals surface area contributed by atoms with Crippen molar-refractivity contribution in [2.75, 3.05) is 31.1 Å². The van der Waals surface area contributed by atoms with Gasteiger partial charge in [0.1, 0.15) is 5.82 Å². The Kier molecular flexibility index (Phi) is 5.30. The lowest BCUT2D eigenvalue weighted by Crippen LogP contribution is -2.47. The van der Waals surface area contributed by atoms with Crippen LogP contribution in [0.15, 0.2) is 55.2 Å². The van der Waals surface area contributed by atoms with Gasteiger partial charge < -0.3 is 4.90 Å². The third-order valence-corrected chi connectivity index (χ3v) is 6.77. The van der Waals surface area contributed by atoms with Gasteiger partial charge in [0.2, 0.25) is 0 Å². The number of carbonyl (C=O) groups is 1. The van der Waals surface area contributed by atoms with Crippen molar-refractivity contribution >= 4 is 22.5 Å². The van der Waals surface area contributed by atoms with Gasteiger partial charge in [-0.15, -0.1) is 0 Å². The van der Waals surface area contributed by atoms with E-state index in [-0.39, 0.29) is 12.2 Å². The van der Waals surface area contributed by atoms with Crippen LogP contribution in [0.1, 0.15) is 28.9 Å². The smallest absolute Gasteiger partial charge is 0.169 e. The zero-order valence-electron chi connectivity index (χ0n) is 19.3. The Morgan fingerprint density at radius 2 is 1.82 bits per heavy atom. The molecule has 0 aromatic carbocycles. The lowest BCUT2D eigenvalue weighted by Gasteiger charge is -2.35. The maximum absolute atomic E-state index is 13.1. The van der Waals surface area contributed by atoms with Gasteiger partial charge in [-0.3, -0.25) is 24.3 Å². The zero-order valence-corrected chi connectivity index (χ0v) is 19.3. The third-order valence-electron chi connectivity index (χ3n) is 6.77. The molecular weight excluding hydrogens is 426 g/mol. The molecule has 0 bridgehead atoms. The number of hydrogen-bond donors (Lipinski definition) is 0. The van der Waals surface area contributed by atoms with E-state index in [9.17, 15) is 4.79 Å². The summed E-state index contributed by atoms with van der Waals surface area (Å²) in [6.45, 7) is 4.06. The number of nitrogens with zero attached hydrogens (tertiary/aromatic N) is 7. The van der Waals surface area contributed by atoms with Crippen molar-refractivity contribution in [1.29, 1.82) is 0 Å². The van der Waals surface area contributed by atoms with Crippen LogP contribution in [-0.2, 0) is 13.5 Å². The second-order valence-corrected chi connectivity index (χ2v) is 9.25. The average Bonchev–Trinajstić information content (AvgIpc) is 3.64. The number of hydrogen-bond acceptors (Lipinski definition) is 7. The van der Waals surface area contributed by atoms with Crippen molar-refractivity contribution in [3.05, 3.63) is 66.5 Å². The van der Waals surface area contributed by atoms with Crippen LogP contribution in [0.5, 0.6) is 0 Å². The Balaban J connectivity index is 1.18. The molecule has 2 aliphatic rings. The van der Waals surface area contributed by atoms with Crippen LogP contribution in [0, 0.1) is 0 Å². The number of rotatable bonds is 6. The van der Waals surface area contributed by atoms with Crippen LogP contribution in [-0.4, -0.2) is 67.6 Å². The number of anilines is 1. The predicted molar refractivity (Wildman–Crippen MR) is 131 cm³/mol. The number of pyridine rings is 3. The highest BCUT2D eigenvalue weighted by Crippen LogP contribution is 2.28. The lowest BCUT2D eigenvalue weighted by atomic mass is 10.0. The summed E-state index contributed by atoms with van der Waals surface area (Å²) in [6, 6.07) is 8.56. The SMILES string of the molecule is Cn1cc(-c2cnc3cnc(CC(=O)c4ccnc(N5CCN(C6CC6)CC5)c4)cc3c2)cn1. The summed E-state index contributed by atoms with van der Waals surface area (Å²) in [7, 11) is 1.89. The van der Waals surface area contributed by atoms with Crippen molar-refractivity contribution in [1.82, 2.24) is 29.6 Å². The number of fused-ring (bicyclic) bond motifs is 1. The maximum atomic E-state index is 13.1. The largest absolute Gasteiger partial charge is 0.354 e. The van der Waals surface area contributed by atoms with E-state index in [0.29, 0.717) is 5.56 Å². The van der Waals surface area contributed by atoms with E-state index in [1.54, 1.807) is 23.1 Å². The summed E-state index contributed by atoms with van der Waals surface area (Å²) in [6.07, 6.45) is 12.0. The van der Waals surface area contributed by atoms with E-state index < -0.39 is 0 Å². The fourth-order valence-electron chi connectivity index (χ4n) is 4.69. The standard InChI is InChI=1S/C26H27N7O/c1-31-17-21(15-30-31)20-10-19-11-22(28-16-24(19)29-14-20)13-25(34)18-4-5-27-26(12-18)33-8-6-32(7-9-33)23-2-3-23/h4-5,10-12,14-17,23H,2-3,6-9,13H2,1H3. The second-order valence-electron chi connectivity index (χ2n) is 9.25. The first-order valence-electron chi connectivity index (χ1n) is 11.8. The average molecular weight is 454 g/mol. The first-order valence-corrected chi connectivity index (χ1v) is 11.8. The Bertz CT molecular complexity index is 1350. The van der Waals surface area contributed by atoms with Gasteiger partial charge in [-0.25, -0.2) is 4.98 Å². The van der Waals surface area contributed by atoms with Gasteiger partial charge >= 0.3 is 0 Å². The van der Waals surface area contributed by atoms with Gasteiger partial charge in [0.15, 0.2) is 5.78 Å². The molecule has 1 saturated heterocycles. The molecule has 2 fully saturated rings. The number of aromatic nitrogens is 5. The summed E-state index contributed by atoms with van der Waals surface area (Å²) >= 11 is 0. The van der Waals surface area contributed by atoms with Gasteiger partial charge in [0, 0.05) is 85.6 Å². The Hall–Kier alpha value is -3.65. The number of carbonyl (C=O) groups excluding carboxylic acids is 1. The lowest BCUT2D eigenvalue weighted by molar-refractivity contribution is 0.0992. The van der Waals surface area contributed by atoms with Crippen molar-refractivity contribution in [3.63, 3.8) is 0 Å². The van der Waals surface area contributed by atoms with Crippen LogP contribution >= 0.6 is 0 Å². The molecule has 4 aromatic heterocycles. The van der Waals surface area contributed by atoms with Crippen LogP contribution in [0.25, 0.3) is 22.0 Å². The van der Waals surface area contributed by atoms with Crippen LogP contribution < -0.4 is 4.90 Å². The molecular formula is C26H27N7O. The number of Topliss-reactive ketones (excluding diaryl/α,β-unsaturated/α-hetero) is 1. The molecule has 5 heterocycles. The number of ketones is 1. The Morgan fingerprint density at radius 1 is 0.971 bits per heavy atom. The highest BCUT2D eigenvalue weighted by molar-refractivity contribution is 5.98. The quantitative estimate of drug-likeness (QED) is 0.415. The topological polar surface area (TPSA) is 80.0 Å². The Morgan fingerprint density at radius 3 is 2.59 bits per heavy atom. The molecule has 8 nitrogen and oxygen atoms in total. The van der Waals surface area contributed by atoms with Crippen molar-refractivity contribution in [2.45, 2.75) is 25.3 Å². The molecule has 0 atom stereocenters. The molecule has 1 aliphatic heterocycles. The molecule has 6 rings (SSSR count). The van der Waals surface area contributed by atoms with E-state index in [1.165, 1.54) is 12.8 Å². The van der Waals surface area contributed by atoms with Gasteiger partial charge in [-0.1, -0.05) is 0 Å². The molecule has 34 heavy (non-hydrogen) atoms. The van der Waals surface area contributed by atoms with E-state index in [1.807, 2.05) is 37.8 Å². The fourth-order valence-corrected chi connectivity index (χ4v) is 4.69. The van der Waals surface area contributed by atoms with E-state index in [4.69, 9.17) is 0 Å². The van der Waals surface area contributed by atoms with Crippen molar-refractivity contribution < 1.29 is 4.79 Å². The normalized spacial score (nSPS) is 16.8. The van der Waals surface area contributed by atoms with E-state index in [2.05, 4.69) is 35.9 Å². The monoisotopic (exact) mass is 453 g/mol. The molecule has 0 N–H and O–H groups in total. The minimum absolute atomic E-state index is 0.0449. The van der Waals surface area contributed by atoms with Crippen LogP contribution in [0.2, 0.25) is 0 Å². The molecule has 0 unspecified atom stereocenters. The highest BCUT2D eigenvalue weighted by atomic mass is 16.1. The van der Waals surface area contributed by atoms with E-state index in [0.717, 1.165) is 65.8 Å².